The van der Waals surface area contributed by atoms with Crippen LogP contribution in [0, 0.1) is 49.3 Å². The molecular formula is C45H49N8O7S+3. The van der Waals surface area contributed by atoms with Crippen LogP contribution in [0.3, 0.4) is 0 Å². The molecule has 0 bridgehead atoms. The molecular weight excluding hydrogens is 797 g/mol. The van der Waals surface area contributed by atoms with Crippen LogP contribution >= 0.6 is 0 Å². The van der Waals surface area contributed by atoms with Gasteiger partial charge >= 0.3 is 22.7 Å². The molecule has 314 valence electrons. The highest BCUT2D eigenvalue weighted by molar-refractivity contribution is 7.85. The third kappa shape index (κ3) is 17.9. The lowest BCUT2D eigenvalue weighted by Crippen LogP contribution is -2.05. The molecule has 5 aromatic rings. The van der Waals surface area contributed by atoms with Crippen molar-refractivity contribution >= 4 is 32.9 Å². The maximum Gasteiger partial charge on any atom is 0.385 e. The Bertz CT molecular complexity index is 2520. The maximum absolute atomic E-state index is 10.4. The lowest BCUT2D eigenvalue weighted by atomic mass is 10.1. The summed E-state index contributed by atoms with van der Waals surface area (Å²) in [5.41, 5.74) is 8.55. The molecule has 0 fully saturated rings. The Kier molecular flexibility index (Phi) is 21.6. The fourth-order valence-corrected chi connectivity index (χ4v) is 5.52. The first-order chi connectivity index (χ1) is 29.2. The van der Waals surface area contributed by atoms with Gasteiger partial charge < -0.3 is 23.5 Å². The molecule has 0 unspecified atom stereocenters. The van der Waals surface area contributed by atoms with Crippen LogP contribution in [-0.4, -0.2) is 46.5 Å². The Morgan fingerprint density at radius 1 is 0.672 bits per heavy atom. The zero-order valence-corrected chi connectivity index (χ0v) is 35.7. The largest absolute Gasteiger partial charge is 0.744 e. The van der Waals surface area contributed by atoms with Gasteiger partial charge in [-0.25, -0.2) is 8.42 Å². The maximum atomic E-state index is 10.4. The second kappa shape index (κ2) is 26.5. The minimum absolute atomic E-state index is 0.178. The van der Waals surface area contributed by atoms with Gasteiger partial charge in [-0.05, 0) is 81.1 Å². The predicted octanol–water partition coefficient (Wildman–Crippen LogP) is 11.8. The van der Waals surface area contributed by atoms with Crippen molar-refractivity contribution in [1.29, 1.82) is 21.6 Å². The minimum atomic E-state index is -4.27. The SMILES string of the molecule is C=CCOc1ccc([N+]#N)cc1C.C=CCc1cc([N+]#N)ccc1OCCOC.Cc1ccc(S(=O)(=O)[O-])cc1.Cc1ccc([N+]#N)cc1C.N#[N+]c1ccc2c(c1)CCO2. The summed E-state index contributed by atoms with van der Waals surface area (Å²) >= 11 is 0. The molecule has 0 amide bonds. The molecule has 1 aliphatic heterocycles. The van der Waals surface area contributed by atoms with Crippen LogP contribution in [0.15, 0.2) is 127 Å². The number of benzene rings is 5. The van der Waals surface area contributed by atoms with Crippen LogP contribution in [-0.2, 0) is 27.7 Å². The predicted molar refractivity (Wildman–Crippen MR) is 234 cm³/mol. The van der Waals surface area contributed by atoms with Crippen molar-refractivity contribution in [2.75, 3.05) is 33.5 Å². The van der Waals surface area contributed by atoms with E-state index in [9.17, 15) is 13.0 Å². The van der Waals surface area contributed by atoms with E-state index >= 15 is 0 Å². The van der Waals surface area contributed by atoms with Gasteiger partial charge in [-0.2, -0.15) is 0 Å². The zero-order valence-electron chi connectivity index (χ0n) is 34.9. The van der Waals surface area contributed by atoms with Gasteiger partial charge in [0.15, 0.2) is 19.9 Å². The minimum Gasteiger partial charge on any atom is -0.744 e. The van der Waals surface area contributed by atoms with Crippen LogP contribution in [0.4, 0.5) is 22.7 Å². The van der Waals surface area contributed by atoms with Gasteiger partial charge in [-0.1, -0.05) is 42.5 Å². The summed E-state index contributed by atoms with van der Waals surface area (Å²) in [5, 5.41) is 34.0. The van der Waals surface area contributed by atoms with E-state index in [2.05, 4.69) is 33.1 Å². The molecule has 0 aromatic heterocycles. The molecule has 0 spiro atoms. The summed E-state index contributed by atoms with van der Waals surface area (Å²) in [6.45, 7) is 17.2. The molecule has 6 rings (SSSR count). The normalized spacial score (nSPS) is 10.3. The highest BCUT2D eigenvalue weighted by Crippen LogP contribution is 2.29. The Hall–Kier alpha value is -7.47. The molecule has 0 radical (unpaired) electrons. The van der Waals surface area contributed by atoms with E-state index in [-0.39, 0.29) is 4.90 Å². The van der Waals surface area contributed by atoms with Crippen LogP contribution < -0.4 is 14.2 Å². The quantitative estimate of drug-likeness (QED) is 0.0559. The molecule has 16 heteroatoms. The monoisotopic (exact) mass is 845 g/mol. The molecule has 1 heterocycles. The van der Waals surface area contributed by atoms with E-state index in [1.54, 1.807) is 79.9 Å². The number of fused-ring (bicyclic) bond motifs is 1. The fraction of sp³-hybridized carbons (Fsp3) is 0.244. The van der Waals surface area contributed by atoms with Crippen molar-refractivity contribution in [1.82, 2.24) is 0 Å². The first-order valence-electron chi connectivity index (χ1n) is 18.7. The van der Waals surface area contributed by atoms with Crippen LogP contribution in [0.5, 0.6) is 17.2 Å². The fourth-order valence-electron chi connectivity index (χ4n) is 5.05. The first-order valence-corrected chi connectivity index (χ1v) is 20.1. The Morgan fingerprint density at radius 2 is 1.23 bits per heavy atom. The topological polar surface area (TPSA) is 207 Å². The highest BCUT2D eigenvalue weighted by Gasteiger charge is 2.16. The summed E-state index contributed by atoms with van der Waals surface area (Å²) in [6.07, 6.45) is 5.05. The summed E-state index contributed by atoms with van der Waals surface area (Å²) in [7, 11) is -2.64. The average Bonchev–Trinajstić information content (AvgIpc) is 3.74. The summed E-state index contributed by atoms with van der Waals surface area (Å²) in [5.74, 6) is 2.47. The smallest absolute Gasteiger partial charge is 0.385 e. The first kappa shape index (κ1) is 49.7. The van der Waals surface area contributed by atoms with E-state index < -0.39 is 10.1 Å². The van der Waals surface area contributed by atoms with Crippen LogP contribution in [0.25, 0.3) is 19.9 Å². The van der Waals surface area contributed by atoms with Gasteiger partial charge in [0, 0.05) is 73.2 Å². The number of diazo groups is 4. The number of rotatable bonds is 10. The van der Waals surface area contributed by atoms with Gasteiger partial charge in [-0.3, -0.25) is 0 Å². The molecule has 0 saturated carbocycles. The second-order valence-electron chi connectivity index (χ2n) is 13.0. The Labute approximate surface area is 357 Å². The van der Waals surface area contributed by atoms with Crippen LogP contribution in [0.1, 0.15) is 33.4 Å². The van der Waals surface area contributed by atoms with Crippen molar-refractivity contribution in [2.24, 2.45) is 0 Å². The van der Waals surface area contributed by atoms with Crippen LogP contribution in [0.2, 0.25) is 0 Å². The number of allylic oxidation sites excluding steroid dienone is 1. The molecule has 61 heavy (non-hydrogen) atoms. The van der Waals surface area contributed by atoms with Gasteiger partial charge in [-0.15, -0.1) is 6.58 Å². The highest BCUT2D eigenvalue weighted by atomic mass is 32.2. The van der Waals surface area contributed by atoms with Crippen molar-refractivity contribution in [2.45, 2.75) is 45.4 Å². The number of hydrogen-bond donors (Lipinski definition) is 0. The standard InChI is InChI=1S/C12H15N2O2.C10H11N2O.C8H7N2O.C8H9N2.C7H8O3S/c1-3-4-10-9-11(14-13)5-6-12(10)16-8-7-15-2;1-3-6-13-10-5-4-9(12-11)7-8(10)2;9-10-7-1-2-8-6(5-7)3-4-11-8;1-6-3-4-8(10-9)5-7(6)2;1-6-2-4-7(5-3-6)11(8,9)10/h3,5-6,9H,1,4,7-8H2,2H3;3-5,7H,1,6H2,2H3;1-2,5H,3-4H2;3-5H,1-2H3;2-5H,1H3,(H,8,9,10)/q4*+1;/p-1. The number of aryl methyl sites for hydroxylation is 4. The van der Waals surface area contributed by atoms with E-state index in [1.807, 2.05) is 52.0 Å². The molecule has 0 saturated heterocycles. The second-order valence-corrected chi connectivity index (χ2v) is 14.4. The number of methoxy groups -OCH3 is 1. The lowest BCUT2D eigenvalue weighted by Gasteiger charge is -2.08. The third-order valence-corrected chi connectivity index (χ3v) is 9.25. The van der Waals surface area contributed by atoms with E-state index in [0.717, 1.165) is 58.1 Å². The zero-order chi connectivity index (χ0) is 45.2. The number of hydrogen-bond acceptors (Lipinski definition) is 11. The molecule has 0 atom stereocenters. The Balaban J connectivity index is 0.000000265. The van der Waals surface area contributed by atoms with E-state index in [1.165, 1.54) is 17.7 Å². The average molecular weight is 846 g/mol. The van der Waals surface area contributed by atoms with Gasteiger partial charge in [0.2, 0.25) is 21.6 Å². The Morgan fingerprint density at radius 3 is 1.77 bits per heavy atom. The molecule has 0 aliphatic carbocycles. The van der Waals surface area contributed by atoms with Gasteiger partial charge in [0.1, 0.15) is 40.6 Å². The summed E-state index contributed by atoms with van der Waals surface area (Å²) in [4.78, 5) is 12.2. The summed E-state index contributed by atoms with van der Waals surface area (Å²) in [6, 6.07) is 27.2. The van der Waals surface area contributed by atoms with Gasteiger partial charge in [0.25, 0.3) is 0 Å². The van der Waals surface area contributed by atoms with Crippen molar-refractivity contribution in [3.63, 3.8) is 0 Å². The van der Waals surface area contributed by atoms with E-state index in [4.69, 9.17) is 40.5 Å². The number of ether oxygens (including phenoxy) is 4. The molecule has 15 nitrogen and oxygen atoms in total. The van der Waals surface area contributed by atoms with Crippen molar-refractivity contribution in [3.8, 4) is 17.2 Å². The van der Waals surface area contributed by atoms with Gasteiger partial charge in [0.05, 0.1) is 18.1 Å². The molecule has 5 aromatic carbocycles. The van der Waals surface area contributed by atoms with Crippen molar-refractivity contribution in [3.05, 3.63) is 176 Å². The molecule has 0 N–H and O–H groups in total. The number of nitrogens with zero attached hydrogens (tertiary/aromatic N) is 8. The van der Waals surface area contributed by atoms with Crippen molar-refractivity contribution < 1.29 is 31.9 Å². The molecule has 1 aliphatic rings. The summed E-state index contributed by atoms with van der Waals surface area (Å²) < 4.78 is 52.2. The third-order valence-electron chi connectivity index (χ3n) is 8.40. The lowest BCUT2D eigenvalue weighted by molar-refractivity contribution is 0.146. The van der Waals surface area contributed by atoms with E-state index in [0.29, 0.717) is 49.0 Å².